The average molecular weight is 287 g/mol. The van der Waals surface area contributed by atoms with Gasteiger partial charge in [-0.15, -0.1) is 0 Å². The van der Waals surface area contributed by atoms with E-state index in [1.165, 1.54) is 0 Å². The Bertz CT molecular complexity index is 639. The molecule has 3 rings (SSSR count). The van der Waals surface area contributed by atoms with Crippen molar-refractivity contribution in [1.82, 2.24) is 9.97 Å². The molecular weight excluding hydrogens is 269 g/mol. The minimum Gasteiger partial charge on any atom is -0.472 e. The van der Waals surface area contributed by atoms with Gasteiger partial charge in [-0.3, -0.25) is 0 Å². The Morgan fingerprint density at radius 3 is 2.33 bits per heavy atom. The van der Waals surface area contributed by atoms with Crippen LogP contribution in [-0.4, -0.2) is 28.3 Å². The van der Waals surface area contributed by atoms with Crippen LogP contribution in [0.5, 0.6) is 0 Å². The van der Waals surface area contributed by atoms with Gasteiger partial charge in [0.25, 0.3) is 0 Å². The minimum atomic E-state index is -0.562. The van der Waals surface area contributed by atoms with E-state index < -0.39 is 18.3 Å². The average Bonchev–Trinajstić information content (AvgIpc) is 2.96. The molecule has 0 aliphatic carbocycles. The number of hydrogen-bond donors (Lipinski definition) is 1. The third-order valence-electron chi connectivity index (χ3n) is 4.13. The van der Waals surface area contributed by atoms with Gasteiger partial charge in [-0.2, -0.15) is 0 Å². The molecule has 2 N–H and O–H groups in total. The SMILES string of the molecule is CC1(C)OB(c2cnc(-c3ccoc3)nc2N)OC1(C)C. The fourth-order valence-electron chi connectivity index (χ4n) is 2.09. The summed E-state index contributed by atoms with van der Waals surface area (Å²) in [5, 5.41) is 0. The first kappa shape index (κ1) is 14.1. The molecule has 6 nitrogen and oxygen atoms in total. The number of nitrogens with zero attached hydrogens (tertiary/aromatic N) is 2. The lowest BCUT2D eigenvalue weighted by atomic mass is 9.80. The first-order valence-electron chi connectivity index (χ1n) is 6.81. The van der Waals surface area contributed by atoms with Gasteiger partial charge in [-0.1, -0.05) is 0 Å². The fraction of sp³-hybridized carbons (Fsp3) is 0.429. The Balaban J connectivity index is 1.91. The lowest BCUT2D eigenvalue weighted by Gasteiger charge is -2.32. The Hall–Kier alpha value is -1.86. The third kappa shape index (κ3) is 2.32. The summed E-state index contributed by atoms with van der Waals surface area (Å²) in [5.41, 5.74) is 6.62. The maximum Gasteiger partial charge on any atom is 0.500 e. The number of anilines is 1. The highest BCUT2D eigenvalue weighted by molar-refractivity contribution is 6.63. The highest BCUT2D eigenvalue weighted by Crippen LogP contribution is 2.36. The van der Waals surface area contributed by atoms with Gasteiger partial charge in [-0.25, -0.2) is 9.97 Å². The summed E-state index contributed by atoms with van der Waals surface area (Å²) in [5.74, 6) is 0.862. The molecule has 0 spiro atoms. The molecule has 7 heteroatoms. The van der Waals surface area contributed by atoms with Gasteiger partial charge >= 0.3 is 7.12 Å². The fourth-order valence-corrected chi connectivity index (χ4v) is 2.09. The second-order valence-electron chi connectivity index (χ2n) is 6.13. The van der Waals surface area contributed by atoms with Crippen molar-refractivity contribution in [2.45, 2.75) is 38.9 Å². The molecule has 1 saturated heterocycles. The van der Waals surface area contributed by atoms with Crippen LogP contribution in [0.25, 0.3) is 11.4 Å². The van der Waals surface area contributed by atoms with Crippen molar-refractivity contribution in [3.8, 4) is 11.4 Å². The Labute approximate surface area is 123 Å². The van der Waals surface area contributed by atoms with E-state index in [0.717, 1.165) is 5.56 Å². The largest absolute Gasteiger partial charge is 0.500 e. The van der Waals surface area contributed by atoms with Crippen LogP contribution >= 0.6 is 0 Å². The summed E-state index contributed by atoms with van der Waals surface area (Å²) in [6.07, 6.45) is 4.78. The standard InChI is InChI=1S/C14H18BN3O3/c1-13(2)14(3,4)21-15(20-13)10-7-17-12(18-11(10)16)9-5-6-19-8-9/h5-8H,1-4H3,(H2,16,17,18). The summed E-state index contributed by atoms with van der Waals surface area (Å²) in [6, 6.07) is 1.78. The minimum absolute atomic E-state index is 0.347. The molecule has 0 unspecified atom stereocenters. The van der Waals surface area contributed by atoms with Gasteiger partial charge in [0.1, 0.15) is 12.1 Å². The van der Waals surface area contributed by atoms with Crippen molar-refractivity contribution < 1.29 is 13.7 Å². The normalized spacial score (nSPS) is 19.9. The van der Waals surface area contributed by atoms with E-state index in [2.05, 4.69) is 9.97 Å². The van der Waals surface area contributed by atoms with E-state index >= 15 is 0 Å². The lowest BCUT2D eigenvalue weighted by molar-refractivity contribution is 0.00578. The zero-order chi connectivity index (χ0) is 15.3. The summed E-state index contributed by atoms with van der Waals surface area (Å²) in [6.45, 7) is 7.96. The van der Waals surface area contributed by atoms with Crippen molar-refractivity contribution in [3.05, 3.63) is 24.8 Å². The monoisotopic (exact) mass is 287 g/mol. The van der Waals surface area contributed by atoms with Crippen LogP contribution in [0.3, 0.4) is 0 Å². The van der Waals surface area contributed by atoms with Crippen molar-refractivity contribution in [2.75, 3.05) is 5.73 Å². The molecule has 0 atom stereocenters. The molecule has 0 amide bonds. The van der Waals surface area contributed by atoms with Crippen LogP contribution in [0.1, 0.15) is 27.7 Å². The van der Waals surface area contributed by atoms with Crippen molar-refractivity contribution >= 4 is 18.4 Å². The molecule has 1 fully saturated rings. The van der Waals surface area contributed by atoms with Gasteiger partial charge < -0.3 is 19.5 Å². The smallest absolute Gasteiger partial charge is 0.472 e. The molecule has 0 bridgehead atoms. The predicted octanol–water partition coefficient (Wildman–Crippen LogP) is 1.62. The highest BCUT2D eigenvalue weighted by atomic mass is 16.7. The van der Waals surface area contributed by atoms with Crippen LogP contribution in [0.4, 0.5) is 5.82 Å². The quantitative estimate of drug-likeness (QED) is 0.845. The molecule has 21 heavy (non-hydrogen) atoms. The van der Waals surface area contributed by atoms with Gasteiger partial charge in [0.05, 0.1) is 23.0 Å². The van der Waals surface area contributed by atoms with E-state index in [-0.39, 0.29) is 0 Å². The molecule has 110 valence electrons. The van der Waals surface area contributed by atoms with E-state index in [1.54, 1.807) is 24.8 Å². The zero-order valence-electron chi connectivity index (χ0n) is 12.6. The molecule has 0 aromatic carbocycles. The van der Waals surface area contributed by atoms with Crippen molar-refractivity contribution in [1.29, 1.82) is 0 Å². The lowest BCUT2D eigenvalue weighted by Crippen LogP contribution is -2.41. The third-order valence-corrected chi connectivity index (χ3v) is 4.13. The van der Waals surface area contributed by atoms with Crippen molar-refractivity contribution in [2.24, 2.45) is 0 Å². The van der Waals surface area contributed by atoms with E-state index in [4.69, 9.17) is 19.5 Å². The molecule has 0 saturated carbocycles. The van der Waals surface area contributed by atoms with Crippen LogP contribution in [0.2, 0.25) is 0 Å². The molecule has 3 heterocycles. The second-order valence-corrected chi connectivity index (χ2v) is 6.13. The van der Waals surface area contributed by atoms with E-state index in [9.17, 15) is 0 Å². The van der Waals surface area contributed by atoms with Crippen LogP contribution in [-0.2, 0) is 9.31 Å². The molecule has 2 aromatic heterocycles. The van der Waals surface area contributed by atoms with Crippen LogP contribution < -0.4 is 11.2 Å². The maximum atomic E-state index is 6.04. The Morgan fingerprint density at radius 1 is 1.14 bits per heavy atom. The van der Waals surface area contributed by atoms with E-state index in [1.807, 2.05) is 27.7 Å². The Morgan fingerprint density at radius 2 is 1.81 bits per heavy atom. The molecule has 1 aliphatic rings. The van der Waals surface area contributed by atoms with Gasteiger partial charge in [-0.05, 0) is 33.8 Å². The second kappa shape index (κ2) is 4.57. The van der Waals surface area contributed by atoms with Gasteiger partial charge in [0.15, 0.2) is 5.82 Å². The molecule has 2 aromatic rings. The number of aromatic nitrogens is 2. The number of hydrogen-bond acceptors (Lipinski definition) is 6. The van der Waals surface area contributed by atoms with Crippen molar-refractivity contribution in [3.63, 3.8) is 0 Å². The maximum absolute atomic E-state index is 6.04. The summed E-state index contributed by atoms with van der Waals surface area (Å²) in [7, 11) is -0.562. The Kier molecular flexibility index (Phi) is 3.07. The molecule has 0 radical (unpaired) electrons. The summed E-state index contributed by atoms with van der Waals surface area (Å²) in [4.78, 5) is 8.61. The number of furan rings is 1. The highest BCUT2D eigenvalue weighted by Gasteiger charge is 2.52. The molecule has 1 aliphatic heterocycles. The zero-order valence-corrected chi connectivity index (χ0v) is 12.6. The predicted molar refractivity (Wildman–Crippen MR) is 79.9 cm³/mol. The van der Waals surface area contributed by atoms with Gasteiger partial charge in [0.2, 0.25) is 0 Å². The van der Waals surface area contributed by atoms with E-state index in [0.29, 0.717) is 17.1 Å². The molecular formula is C14H18BN3O3. The summed E-state index contributed by atoms with van der Waals surface area (Å²) >= 11 is 0. The topological polar surface area (TPSA) is 83.4 Å². The number of rotatable bonds is 2. The van der Waals surface area contributed by atoms with Gasteiger partial charge in [0, 0.05) is 11.7 Å². The van der Waals surface area contributed by atoms with Crippen LogP contribution in [0.15, 0.2) is 29.2 Å². The number of nitrogens with two attached hydrogens (primary N) is 1. The summed E-state index contributed by atoms with van der Waals surface area (Å²) < 4.78 is 16.9. The van der Waals surface area contributed by atoms with Crippen LogP contribution in [0, 0.1) is 0 Å². The number of nitrogen functional groups attached to an aromatic ring is 1. The first-order valence-corrected chi connectivity index (χ1v) is 6.81. The first-order chi connectivity index (χ1) is 9.80.